The Morgan fingerprint density at radius 3 is 2.75 bits per heavy atom. The summed E-state index contributed by atoms with van der Waals surface area (Å²) in [6.07, 6.45) is 4.53. The molecular weight excluding hydrogens is 272 g/mol. The second-order valence-electron chi connectivity index (χ2n) is 5.76. The van der Waals surface area contributed by atoms with Gasteiger partial charge in [-0.2, -0.15) is 0 Å². The van der Waals surface area contributed by atoms with Crippen molar-refractivity contribution in [3.8, 4) is 0 Å². The number of carbonyl (C=O) groups is 1. The van der Waals surface area contributed by atoms with Crippen LogP contribution in [0.15, 0.2) is 0 Å². The van der Waals surface area contributed by atoms with Crippen molar-refractivity contribution < 1.29 is 9.90 Å². The van der Waals surface area contributed by atoms with Crippen LogP contribution in [0.3, 0.4) is 0 Å². The van der Waals surface area contributed by atoms with Gasteiger partial charge in [0.1, 0.15) is 5.01 Å². The van der Waals surface area contributed by atoms with Crippen LogP contribution in [-0.2, 0) is 24.2 Å². The maximum Gasteiger partial charge on any atom is 0.308 e. The summed E-state index contributed by atoms with van der Waals surface area (Å²) in [5.41, 5.74) is 1.00. The Labute approximate surface area is 124 Å². The minimum atomic E-state index is -0.760. The summed E-state index contributed by atoms with van der Waals surface area (Å²) < 4.78 is 0. The summed E-state index contributed by atoms with van der Waals surface area (Å²) in [5, 5.41) is 10.1. The highest BCUT2D eigenvalue weighted by Crippen LogP contribution is 2.24. The maximum absolute atomic E-state index is 10.9. The van der Waals surface area contributed by atoms with Gasteiger partial charge in [0.25, 0.3) is 0 Å². The van der Waals surface area contributed by atoms with Gasteiger partial charge in [0, 0.05) is 4.88 Å². The van der Waals surface area contributed by atoms with Crippen LogP contribution >= 0.6 is 11.3 Å². The third-order valence-electron chi connectivity index (χ3n) is 3.86. The number of likely N-dealkylation sites (tertiary alicyclic amines) is 1. The van der Waals surface area contributed by atoms with Gasteiger partial charge in [-0.1, -0.05) is 20.3 Å². The van der Waals surface area contributed by atoms with E-state index in [0.717, 1.165) is 54.0 Å². The molecule has 0 radical (unpaired) electrons. The quantitative estimate of drug-likeness (QED) is 0.877. The highest BCUT2D eigenvalue weighted by molar-refractivity contribution is 7.11. The number of aliphatic carboxylic acids is 1. The van der Waals surface area contributed by atoms with Crippen LogP contribution in [0, 0.1) is 5.92 Å². The molecule has 0 atom stereocenters. The van der Waals surface area contributed by atoms with Crippen LogP contribution < -0.4 is 0 Å². The van der Waals surface area contributed by atoms with E-state index in [1.165, 1.54) is 12.8 Å². The number of nitrogens with zero attached hydrogens (tertiary/aromatic N) is 2. The van der Waals surface area contributed by atoms with Gasteiger partial charge in [0.2, 0.25) is 0 Å². The van der Waals surface area contributed by atoms with Crippen LogP contribution in [0.5, 0.6) is 0 Å². The van der Waals surface area contributed by atoms with E-state index in [1.54, 1.807) is 11.3 Å². The topological polar surface area (TPSA) is 53.4 Å². The molecule has 1 aliphatic heterocycles. The predicted octanol–water partition coefficient (Wildman–Crippen LogP) is 2.95. The second kappa shape index (κ2) is 7.18. The largest absolute Gasteiger partial charge is 0.481 e. The smallest absolute Gasteiger partial charge is 0.308 e. The van der Waals surface area contributed by atoms with Crippen molar-refractivity contribution in [3.05, 3.63) is 15.6 Å². The van der Waals surface area contributed by atoms with E-state index in [0.29, 0.717) is 0 Å². The van der Waals surface area contributed by atoms with E-state index in [4.69, 9.17) is 5.11 Å². The fourth-order valence-electron chi connectivity index (χ4n) is 2.62. The summed E-state index contributed by atoms with van der Waals surface area (Å²) in [5.74, 6) is 0.0742. The minimum absolute atomic E-state index is 0.115. The van der Waals surface area contributed by atoms with Gasteiger partial charge in [0.05, 0.1) is 18.7 Å². The molecule has 1 saturated heterocycles. The number of carboxylic acids is 1. The average molecular weight is 296 g/mol. The van der Waals surface area contributed by atoms with E-state index >= 15 is 0 Å². The first-order valence-electron chi connectivity index (χ1n) is 7.50. The molecule has 2 rings (SSSR count). The van der Waals surface area contributed by atoms with Gasteiger partial charge < -0.3 is 5.11 Å². The lowest BCUT2D eigenvalue weighted by Crippen LogP contribution is -2.32. The molecule has 4 nitrogen and oxygen atoms in total. The van der Waals surface area contributed by atoms with E-state index in [-0.39, 0.29) is 6.42 Å². The van der Waals surface area contributed by atoms with Crippen molar-refractivity contribution in [3.63, 3.8) is 0 Å². The molecule has 1 fully saturated rings. The van der Waals surface area contributed by atoms with Crippen molar-refractivity contribution >= 4 is 17.3 Å². The van der Waals surface area contributed by atoms with Gasteiger partial charge in [-0.05, 0) is 38.3 Å². The fourth-order valence-corrected chi connectivity index (χ4v) is 3.77. The number of rotatable bonds is 6. The molecule has 2 heterocycles. The lowest BCUT2D eigenvalue weighted by Gasteiger charge is -2.29. The van der Waals surface area contributed by atoms with Gasteiger partial charge in [-0.15, -0.1) is 11.3 Å². The number of aromatic nitrogens is 1. The first-order valence-corrected chi connectivity index (χ1v) is 8.31. The number of thiazole rings is 1. The molecule has 112 valence electrons. The fraction of sp³-hybridized carbons (Fsp3) is 0.733. The van der Waals surface area contributed by atoms with E-state index in [1.807, 2.05) is 0 Å². The molecular formula is C15H24N2O2S. The van der Waals surface area contributed by atoms with E-state index < -0.39 is 5.97 Å². The molecule has 0 unspecified atom stereocenters. The molecule has 0 saturated carbocycles. The number of hydrogen-bond donors (Lipinski definition) is 1. The lowest BCUT2D eigenvalue weighted by molar-refractivity contribution is -0.136. The highest BCUT2D eigenvalue weighted by Gasteiger charge is 2.19. The normalized spacial score (nSPS) is 17.5. The SMILES string of the molecule is CCCc1nc(CN2CCC(C)CC2)sc1CC(=O)O. The van der Waals surface area contributed by atoms with Crippen LogP contribution in [-0.4, -0.2) is 34.0 Å². The monoisotopic (exact) mass is 296 g/mol. The Morgan fingerprint density at radius 1 is 1.45 bits per heavy atom. The molecule has 5 heteroatoms. The van der Waals surface area contributed by atoms with Crippen molar-refractivity contribution in [2.24, 2.45) is 5.92 Å². The molecule has 0 bridgehead atoms. The van der Waals surface area contributed by atoms with Crippen LogP contribution in [0.25, 0.3) is 0 Å². The standard InChI is InChI=1S/C15H24N2O2S/c1-3-4-12-13(9-15(18)19)20-14(16-12)10-17-7-5-11(2)6-8-17/h11H,3-10H2,1-2H3,(H,18,19). The number of hydrogen-bond acceptors (Lipinski definition) is 4. The van der Waals surface area contributed by atoms with Crippen LogP contribution in [0.2, 0.25) is 0 Å². The number of aryl methyl sites for hydroxylation is 1. The van der Waals surface area contributed by atoms with Gasteiger partial charge in [0.15, 0.2) is 0 Å². The van der Waals surface area contributed by atoms with Gasteiger partial charge in [-0.25, -0.2) is 4.98 Å². The summed E-state index contributed by atoms with van der Waals surface area (Å²) >= 11 is 1.59. The molecule has 0 spiro atoms. The maximum atomic E-state index is 10.9. The first-order chi connectivity index (χ1) is 9.58. The zero-order valence-corrected chi connectivity index (χ0v) is 13.2. The van der Waals surface area contributed by atoms with Crippen LogP contribution in [0.1, 0.15) is 48.7 Å². The Balaban J connectivity index is 2.02. The van der Waals surface area contributed by atoms with Crippen molar-refractivity contribution in [1.29, 1.82) is 0 Å². The molecule has 0 aliphatic carbocycles. The number of piperidine rings is 1. The summed E-state index contributed by atoms with van der Waals surface area (Å²) in [6, 6.07) is 0. The van der Waals surface area contributed by atoms with Crippen molar-refractivity contribution in [1.82, 2.24) is 9.88 Å². The van der Waals surface area contributed by atoms with Crippen molar-refractivity contribution in [2.75, 3.05) is 13.1 Å². The Bertz CT molecular complexity index is 451. The Hall–Kier alpha value is -0.940. The number of carboxylic acid groups (broad SMARTS) is 1. The van der Waals surface area contributed by atoms with E-state index in [2.05, 4.69) is 23.7 Å². The second-order valence-corrected chi connectivity index (χ2v) is 6.92. The molecule has 1 N–H and O–H groups in total. The van der Waals surface area contributed by atoms with Gasteiger partial charge in [-0.3, -0.25) is 9.69 Å². The minimum Gasteiger partial charge on any atom is -0.481 e. The third-order valence-corrected chi connectivity index (χ3v) is 4.94. The lowest BCUT2D eigenvalue weighted by atomic mass is 9.99. The molecule has 0 amide bonds. The molecule has 0 aromatic carbocycles. The third kappa shape index (κ3) is 4.28. The molecule has 20 heavy (non-hydrogen) atoms. The van der Waals surface area contributed by atoms with Gasteiger partial charge >= 0.3 is 5.97 Å². The predicted molar refractivity (Wildman–Crippen MR) is 81.1 cm³/mol. The summed E-state index contributed by atoms with van der Waals surface area (Å²) in [4.78, 5) is 19.0. The first kappa shape index (κ1) is 15.4. The van der Waals surface area contributed by atoms with E-state index in [9.17, 15) is 4.79 Å². The molecule has 1 aromatic heterocycles. The zero-order chi connectivity index (χ0) is 14.5. The van der Waals surface area contributed by atoms with Crippen LogP contribution in [0.4, 0.5) is 0 Å². The molecule has 1 aromatic rings. The molecule has 1 aliphatic rings. The van der Waals surface area contributed by atoms with Crippen molar-refractivity contribution in [2.45, 2.75) is 52.5 Å². The summed E-state index contributed by atoms with van der Waals surface area (Å²) in [6.45, 7) is 7.57. The average Bonchev–Trinajstić information content (AvgIpc) is 2.74. The Kier molecular flexibility index (Phi) is 5.54. The summed E-state index contributed by atoms with van der Waals surface area (Å²) in [7, 11) is 0. The zero-order valence-electron chi connectivity index (χ0n) is 12.4. The highest BCUT2D eigenvalue weighted by atomic mass is 32.1. The Morgan fingerprint density at radius 2 is 2.15 bits per heavy atom.